The largest absolute Gasteiger partial charge is 0.462 e. The predicted octanol–water partition coefficient (Wildman–Crippen LogP) is 17.8. The quantitative estimate of drug-likeness (QED) is 0.0262. The Hall–Kier alpha value is -3.67. The molecule has 0 aromatic carbocycles. The maximum atomic E-state index is 12.8. The van der Waals surface area contributed by atoms with Gasteiger partial charge >= 0.3 is 17.9 Å². The summed E-state index contributed by atoms with van der Waals surface area (Å²) in [5, 5.41) is 0. The van der Waals surface area contributed by atoms with Gasteiger partial charge in [0.05, 0.1) is 0 Å². The highest BCUT2D eigenvalue weighted by Crippen LogP contribution is 2.14. The summed E-state index contributed by atoms with van der Waals surface area (Å²) in [7, 11) is 0. The van der Waals surface area contributed by atoms with Crippen molar-refractivity contribution in [1.29, 1.82) is 0 Å². The maximum Gasteiger partial charge on any atom is 0.306 e. The van der Waals surface area contributed by atoms with Crippen molar-refractivity contribution < 1.29 is 28.6 Å². The van der Waals surface area contributed by atoms with Crippen molar-refractivity contribution in [3.8, 4) is 0 Å². The zero-order valence-electron chi connectivity index (χ0n) is 42.2. The lowest BCUT2D eigenvalue weighted by Gasteiger charge is -2.18. The Labute approximate surface area is 400 Å². The Morgan fingerprint density at radius 3 is 1.03 bits per heavy atom. The van der Waals surface area contributed by atoms with Crippen molar-refractivity contribution in [1.82, 2.24) is 0 Å². The van der Waals surface area contributed by atoms with Gasteiger partial charge in [0, 0.05) is 19.3 Å². The minimum atomic E-state index is -0.820. The SMILES string of the molecule is CC/C=C\C/C=C\C/C=C\C/C=C\C/C=C\C/C=C\CCC(=O)O[C@H](COC(=O)CCCCCCCCC/C=C\C/C=C\CCCCC)COC(=O)CCCCCCCCCCCCC. The zero-order valence-corrected chi connectivity index (χ0v) is 42.2. The van der Waals surface area contributed by atoms with Gasteiger partial charge in [-0.15, -0.1) is 0 Å². The monoisotopic (exact) mass is 903 g/mol. The number of hydrogen-bond donors (Lipinski definition) is 0. The van der Waals surface area contributed by atoms with E-state index >= 15 is 0 Å². The summed E-state index contributed by atoms with van der Waals surface area (Å²) in [4.78, 5) is 38.0. The van der Waals surface area contributed by atoms with E-state index in [9.17, 15) is 14.4 Å². The van der Waals surface area contributed by atoms with Crippen LogP contribution in [0.15, 0.2) is 97.2 Å². The summed E-state index contributed by atoms with van der Waals surface area (Å²) in [6, 6.07) is 0. The van der Waals surface area contributed by atoms with Gasteiger partial charge in [-0.1, -0.05) is 227 Å². The summed E-state index contributed by atoms with van der Waals surface area (Å²) < 4.78 is 16.7. The van der Waals surface area contributed by atoms with E-state index in [1.807, 2.05) is 12.2 Å². The van der Waals surface area contributed by atoms with Crippen LogP contribution in [0.3, 0.4) is 0 Å². The van der Waals surface area contributed by atoms with Crippen molar-refractivity contribution in [2.45, 2.75) is 245 Å². The Morgan fingerprint density at radius 1 is 0.323 bits per heavy atom. The summed E-state index contributed by atoms with van der Waals surface area (Å²) in [5.74, 6) is -1.00. The molecule has 65 heavy (non-hydrogen) atoms. The molecule has 0 rings (SSSR count). The molecule has 0 aromatic rings. The first-order chi connectivity index (χ1) is 32.0. The van der Waals surface area contributed by atoms with Crippen LogP contribution in [0.5, 0.6) is 0 Å². The van der Waals surface area contributed by atoms with E-state index < -0.39 is 12.1 Å². The smallest absolute Gasteiger partial charge is 0.306 e. The number of allylic oxidation sites excluding steroid dienone is 16. The van der Waals surface area contributed by atoms with Crippen molar-refractivity contribution in [3.05, 3.63) is 97.2 Å². The number of carbonyl (C=O) groups excluding carboxylic acids is 3. The number of unbranched alkanes of at least 4 members (excludes halogenated alkanes) is 20. The molecule has 0 aliphatic carbocycles. The molecule has 0 spiro atoms. The highest BCUT2D eigenvalue weighted by molar-refractivity contribution is 5.71. The first-order valence-corrected chi connectivity index (χ1v) is 26.7. The van der Waals surface area contributed by atoms with Gasteiger partial charge in [-0.25, -0.2) is 0 Å². The molecular weight excluding hydrogens is 805 g/mol. The van der Waals surface area contributed by atoms with Crippen molar-refractivity contribution >= 4 is 17.9 Å². The van der Waals surface area contributed by atoms with E-state index in [0.29, 0.717) is 19.3 Å². The maximum absolute atomic E-state index is 12.8. The molecule has 0 aliphatic heterocycles. The molecule has 6 nitrogen and oxygen atoms in total. The summed E-state index contributed by atoms with van der Waals surface area (Å²) >= 11 is 0. The number of carbonyl (C=O) groups is 3. The van der Waals surface area contributed by atoms with Gasteiger partial charge in [0.1, 0.15) is 13.2 Å². The molecule has 0 amide bonds. The van der Waals surface area contributed by atoms with E-state index in [2.05, 4.69) is 106 Å². The Morgan fingerprint density at radius 2 is 0.631 bits per heavy atom. The van der Waals surface area contributed by atoms with Crippen LogP contribution >= 0.6 is 0 Å². The predicted molar refractivity (Wildman–Crippen MR) is 279 cm³/mol. The van der Waals surface area contributed by atoms with Gasteiger partial charge < -0.3 is 14.2 Å². The molecule has 1 atom stereocenters. The van der Waals surface area contributed by atoms with Crippen LogP contribution in [0.4, 0.5) is 0 Å². The molecule has 0 N–H and O–H groups in total. The molecule has 370 valence electrons. The summed E-state index contributed by atoms with van der Waals surface area (Å²) in [5.41, 5.74) is 0. The van der Waals surface area contributed by atoms with Crippen molar-refractivity contribution in [3.63, 3.8) is 0 Å². The van der Waals surface area contributed by atoms with E-state index in [-0.39, 0.29) is 31.6 Å². The molecule has 0 aromatic heterocycles. The number of hydrogen-bond acceptors (Lipinski definition) is 6. The molecule has 0 saturated heterocycles. The fourth-order valence-electron chi connectivity index (χ4n) is 7.09. The van der Waals surface area contributed by atoms with Crippen LogP contribution in [-0.4, -0.2) is 37.2 Å². The van der Waals surface area contributed by atoms with Crippen LogP contribution in [-0.2, 0) is 28.6 Å². The topological polar surface area (TPSA) is 78.9 Å². The first kappa shape index (κ1) is 61.3. The fourth-order valence-corrected chi connectivity index (χ4v) is 7.09. The molecule has 0 saturated carbocycles. The third kappa shape index (κ3) is 51.2. The molecule has 0 bridgehead atoms. The average Bonchev–Trinajstić information content (AvgIpc) is 3.30. The van der Waals surface area contributed by atoms with Gasteiger partial charge in [0.25, 0.3) is 0 Å². The lowest BCUT2D eigenvalue weighted by Crippen LogP contribution is -2.30. The Balaban J connectivity index is 4.50. The second-order valence-electron chi connectivity index (χ2n) is 17.4. The van der Waals surface area contributed by atoms with E-state index in [1.165, 1.54) is 103 Å². The number of ether oxygens (including phenoxy) is 3. The Kier molecular flexibility index (Phi) is 50.0. The highest BCUT2D eigenvalue weighted by Gasteiger charge is 2.19. The Bertz CT molecular complexity index is 1310. The van der Waals surface area contributed by atoms with Gasteiger partial charge in [0.15, 0.2) is 6.10 Å². The summed E-state index contributed by atoms with van der Waals surface area (Å²) in [6.07, 6.45) is 69.7. The molecule has 0 fully saturated rings. The van der Waals surface area contributed by atoms with Crippen LogP contribution in [0.2, 0.25) is 0 Å². The third-order valence-corrected chi connectivity index (χ3v) is 11.1. The molecule has 0 aliphatic rings. The second-order valence-corrected chi connectivity index (χ2v) is 17.4. The lowest BCUT2D eigenvalue weighted by molar-refractivity contribution is -0.166. The number of esters is 3. The molecule has 0 heterocycles. The second kappa shape index (κ2) is 52.9. The van der Waals surface area contributed by atoms with Gasteiger partial charge in [-0.05, 0) is 89.9 Å². The van der Waals surface area contributed by atoms with E-state index in [4.69, 9.17) is 14.2 Å². The first-order valence-electron chi connectivity index (χ1n) is 26.7. The van der Waals surface area contributed by atoms with Gasteiger partial charge in [0.2, 0.25) is 0 Å². The van der Waals surface area contributed by atoms with Crippen molar-refractivity contribution in [2.24, 2.45) is 0 Å². The van der Waals surface area contributed by atoms with Crippen LogP contribution < -0.4 is 0 Å². The van der Waals surface area contributed by atoms with Crippen LogP contribution in [0.25, 0.3) is 0 Å². The van der Waals surface area contributed by atoms with Crippen molar-refractivity contribution in [2.75, 3.05) is 13.2 Å². The van der Waals surface area contributed by atoms with Crippen LogP contribution in [0.1, 0.15) is 239 Å². The third-order valence-electron chi connectivity index (χ3n) is 11.1. The number of rotatable bonds is 47. The molecule has 0 unspecified atom stereocenters. The van der Waals surface area contributed by atoms with Crippen LogP contribution in [0, 0.1) is 0 Å². The van der Waals surface area contributed by atoms with Gasteiger partial charge in [-0.2, -0.15) is 0 Å². The zero-order chi connectivity index (χ0) is 47.2. The summed E-state index contributed by atoms with van der Waals surface area (Å²) in [6.45, 7) is 6.42. The highest BCUT2D eigenvalue weighted by atomic mass is 16.6. The minimum Gasteiger partial charge on any atom is -0.462 e. The normalized spacial score (nSPS) is 12.8. The van der Waals surface area contributed by atoms with Gasteiger partial charge in [-0.3, -0.25) is 14.4 Å². The molecular formula is C59H98O6. The fraction of sp³-hybridized carbons (Fsp3) is 0.678. The molecule has 6 heteroatoms. The average molecular weight is 903 g/mol. The van der Waals surface area contributed by atoms with E-state index in [1.54, 1.807) is 0 Å². The minimum absolute atomic E-state index is 0.109. The van der Waals surface area contributed by atoms with E-state index in [0.717, 1.165) is 89.9 Å². The molecule has 0 radical (unpaired) electrons. The standard InChI is InChI=1S/C59H98O6/c1-4-7-10-13-16-19-22-24-26-28-29-31-33-35-38-41-44-47-50-53-59(62)65-56(54-63-57(60)51-48-45-42-39-36-21-18-15-12-9-6-3)55-64-58(61)52-49-46-43-40-37-34-32-30-27-25-23-20-17-14-11-8-5-2/h7,10,16-17,19-20,24-27,29,31,35,38,44,47,56H,4-6,8-9,11-15,18,21-23,28,30,32-34,36-37,39-43,45-46,48-55H2,1-3H3/b10-7-,19-16-,20-17-,26-24-,27-25-,31-29-,38-35-,47-44-/t56-/m0/s1. The lowest BCUT2D eigenvalue weighted by atomic mass is 10.1.